The highest BCUT2D eigenvalue weighted by Gasteiger charge is 2.62. The first kappa shape index (κ1) is 12.8. The molecule has 22 heavy (non-hydrogen) atoms. The highest BCUT2D eigenvalue weighted by Crippen LogP contribution is 2.63. The van der Waals surface area contributed by atoms with Crippen molar-refractivity contribution >= 4 is 0 Å². The first-order chi connectivity index (χ1) is 10.7. The fourth-order valence-electron chi connectivity index (χ4n) is 5.47. The minimum Gasteiger partial charge on any atom is -0.873 e. The summed E-state index contributed by atoms with van der Waals surface area (Å²) in [6.45, 7) is 1.03. The molecule has 2 aliphatic carbocycles. The van der Waals surface area contributed by atoms with Gasteiger partial charge in [0, 0.05) is 17.0 Å². The summed E-state index contributed by atoms with van der Waals surface area (Å²) in [5.41, 5.74) is 2.51. The van der Waals surface area contributed by atoms with E-state index in [1.165, 1.54) is 11.1 Å². The molecule has 1 fully saturated rings. The summed E-state index contributed by atoms with van der Waals surface area (Å²) in [4.78, 5) is 2.47. The molecule has 0 radical (unpaired) electrons. The van der Waals surface area contributed by atoms with Crippen molar-refractivity contribution in [3.8, 4) is 11.5 Å². The molecule has 1 aromatic rings. The molecule has 0 saturated carbocycles. The van der Waals surface area contributed by atoms with Crippen LogP contribution in [0.3, 0.4) is 0 Å². The zero-order valence-electron chi connectivity index (χ0n) is 13.0. The number of methoxy groups -OCH3 is 1. The minimum absolute atomic E-state index is 0.125. The van der Waals surface area contributed by atoms with Gasteiger partial charge >= 0.3 is 0 Å². The van der Waals surface area contributed by atoms with Crippen molar-refractivity contribution < 1.29 is 14.6 Å². The van der Waals surface area contributed by atoms with E-state index in [2.05, 4.69) is 18.0 Å². The summed E-state index contributed by atoms with van der Waals surface area (Å²) in [5, 5.41) is 12.6. The quantitative estimate of drug-likeness (QED) is 0.782. The van der Waals surface area contributed by atoms with Gasteiger partial charge in [-0.1, -0.05) is 17.9 Å². The Kier molecular flexibility index (Phi) is 2.32. The largest absolute Gasteiger partial charge is 0.873 e. The van der Waals surface area contributed by atoms with Gasteiger partial charge in [-0.05, 0) is 50.4 Å². The molecule has 4 atom stereocenters. The van der Waals surface area contributed by atoms with Gasteiger partial charge in [0.15, 0.2) is 11.5 Å². The Morgan fingerprint density at radius 3 is 3.09 bits per heavy atom. The van der Waals surface area contributed by atoms with Crippen LogP contribution in [-0.2, 0) is 11.8 Å². The first-order valence-electron chi connectivity index (χ1n) is 8.11. The zero-order valence-corrected chi connectivity index (χ0v) is 13.0. The Morgan fingerprint density at radius 1 is 1.41 bits per heavy atom. The van der Waals surface area contributed by atoms with E-state index in [1.807, 2.05) is 12.1 Å². The molecule has 2 unspecified atom stereocenters. The topological polar surface area (TPSA) is 44.8 Å². The van der Waals surface area contributed by atoms with E-state index in [0.29, 0.717) is 12.0 Å². The van der Waals surface area contributed by atoms with Gasteiger partial charge in [-0.3, -0.25) is 0 Å². The van der Waals surface area contributed by atoms with Crippen LogP contribution in [0.15, 0.2) is 24.0 Å². The summed E-state index contributed by atoms with van der Waals surface area (Å²) in [6.07, 6.45) is 4.45. The van der Waals surface area contributed by atoms with Crippen molar-refractivity contribution in [3.63, 3.8) is 0 Å². The van der Waals surface area contributed by atoms with Crippen LogP contribution in [0.25, 0.3) is 0 Å². The lowest BCUT2D eigenvalue weighted by Gasteiger charge is -2.58. The van der Waals surface area contributed by atoms with Crippen molar-refractivity contribution in [1.82, 2.24) is 4.90 Å². The molecule has 4 aliphatic rings. The van der Waals surface area contributed by atoms with Gasteiger partial charge in [0.25, 0.3) is 0 Å². The number of nitrogens with zero attached hydrogens (tertiary/aromatic N) is 1. The molecule has 0 N–H and O–H groups in total. The first-order valence-corrected chi connectivity index (χ1v) is 8.11. The summed E-state index contributed by atoms with van der Waals surface area (Å²) in [7, 11) is 3.89. The van der Waals surface area contributed by atoms with Crippen LogP contribution in [0.2, 0.25) is 0 Å². The maximum Gasteiger partial charge on any atom is 0.166 e. The van der Waals surface area contributed by atoms with Gasteiger partial charge in [-0.25, -0.2) is 0 Å². The lowest BCUT2D eigenvalue weighted by molar-refractivity contribution is -0.325. The smallest absolute Gasteiger partial charge is 0.166 e. The Morgan fingerprint density at radius 2 is 2.27 bits per heavy atom. The standard InChI is InChI=1S/C18H21NO3/c1-19-8-7-18-11-4-5-13(20)17(18)22-16-14(21-2)6-3-10(15(16)18)9-12(11)19/h3,5-6,11-12,17,20H,4,7-9H2,1-2H3/p-1/t11?,12-,17?,18+/m1/s1. The molecule has 5 rings (SSSR count). The van der Waals surface area contributed by atoms with Crippen molar-refractivity contribution in [2.75, 3.05) is 20.7 Å². The van der Waals surface area contributed by atoms with Crippen LogP contribution in [0.1, 0.15) is 24.0 Å². The fourth-order valence-corrected chi connectivity index (χ4v) is 5.47. The lowest BCUT2D eigenvalue weighted by Crippen LogP contribution is -2.64. The second-order valence-electron chi connectivity index (χ2n) is 7.12. The summed E-state index contributed by atoms with van der Waals surface area (Å²) in [6, 6.07) is 4.68. The molecule has 2 aliphatic heterocycles. The predicted molar refractivity (Wildman–Crippen MR) is 80.0 cm³/mol. The monoisotopic (exact) mass is 298 g/mol. The molecule has 0 amide bonds. The normalized spacial score (nSPS) is 38.1. The van der Waals surface area contributed by atoms with Crippen LogP contribution < -0.4 is 14.6 Å². The minimum atomic E-state index is -0.340. The Balaban J connectivity index is 1.83. The number of likely N-dealkylation sites (tertiary alicyclic amines) is 1. The summed E-state index contributed by atoms with van der Waals surface area (Å²) in [5.74, 6) is 2.24. The number of benzene rings is 1. The maximum absolute atomic E-state index is 12.6. The lowest BCUT2D eigenvalue weighted by atomic mass is 9.53. The predicted octanol–water partition coefficient (Wildman–Crippen LogP) is 1.22. The summed E-state index contributed by atoms with van der Waals surface area (Å²) >= 11 is 0. The number of piperidine rings is 1. The van der Waals surface area contributed by atoms with Crippen LogP contribution in [0.5, 0.6) is 11.5 Å². The molecule has 4 heteroatoms. The molecule has 0 aromatic heterocycles. The molecule has 116 valence electrons. The molecular weight excluding hydrogens is 278 g/mol. The molecule has 2 heterocycles. The average Bonchev–Trinajstić information content (AvgIpc) is 2.88. The zero-order chi connectivity index (χ0) is 15.1. The van der Waals surface area contributed by atoms with E-state index in [1.54, 1.807) is 7.11 Å². The van der Waals surface area contributed by atoms with E-state index in [4.69, 9.17) is 9.47 Å². The molecule has 2 bridgehead atoms. The Bertz CT molecular complexity index is 698. The number of ether oxygens (including phenoxy) is 2. The average molecular weight is 298 g/mol. The number of hydrogen-bond acceptors (Lipinski definition) is 4. The fraction of sp³-hybridized carbons (Fsp3) is 0.556. The highest BCUT2D eigenvalue weighted by molar-refractivity contribution is 5.62. The van der Waals surface area contributed by atoms with Crippen molar-refractivity contribution in [2.24, 2.45) is 5.92 Å². The van der Waals surface area contributed by atoms with Crippen molar-refractivity contribution in [3.05, 3.63) is 35.1 Å². The van der Waals surface area contributed by atoms with Gasteiger partial charge < -0.3 is 19.5 Å². The number of likely N-dealkylation sites (N-methyl/N-ethyl adjacent to an activating group) is 1. The van der Waals surface area contributed by atoms with E-state index in [9.17, 15) is 5.11 Å². The van der Waals surface area contributed by atoms with Crippen LogP contribution >= 0.6 is 0 Å². The third-order valence-corrected chi connectivity index (χ3v) is 6.43. The highest BCUT2D eigenvalue weighted by atomic mass is 16.5. The second-order valence-corrected chi connectivity index (χ2v) is 7.12. The summed E-state index contributed by atoms with van der Waals surface area (Å²) < 4.78 is 11.7. The number of rotatable bonds is 1. The third kappa shape index (κ3) is 1.25. The van der Waals surface area contributed by atoms with Crippen LogP contribution in [0, 0.1) is 5.92 Å². The SMILES string of the molecule is COc1ccc2c3c1OC1C([O-])=CCC4[C@@H](C2)N(C)CC[C@]314. The Hall–Kier alpha value is -1.68. The molecular formula is C18H20NO3-. The number of allylic oxidation sites excluding steroid dienone is 1. The van der Waals surface area contributed by atoms with Gasteiger partial charge in [0.1, 0.15) is 6.10 Å². The molecule has 1 saturated heterocycles. The van der Waals surface area contributed by atoms with E-state index < -0.39 is 0 Å². The molecule has 1 aromatic carbocycles. The molecule has 4 nitrogen and oxygen atoms in total. The van der Waals surface area contributed by atoms with Gasteiger partial charge in [-0.2, -0.15) is 0 Å². The van der Waals surface area contributed by atoms with E-state index in [0.717, 1.165) is 37.3 Å². The van der Waals surface area contributed by atoms with Crippen LogP contribution in [0.4, 0.5) is 0 Å². The van der Waals surface area contributed by atoms with E-state index >= 15 is 0 Å². The Labute approximate surface area is 130 Å². The van der Waals surface area contributed by atoms with Crippen LogP contribution in [-0.4, -0.2) is 37.7 Å². The third-order valence-electron chi connectivity index (χ3n) is 6.43. The van der Waals surface area contributed by atoms with Gasteiger partial charge in [0.05, 0.1) is 7.11 Å². The number of hydrogen-bond donors (Lipinski definition) is 0. The van der Waals surface area contributed by atoms with Crippen molar-refractivity contribution in [2.45, 2.75) is 36.8 Å². The van der Waals surface area contributed by atoms with E-state index in [-0.39, 0.29) is 17.3 Å². The van der Waals surface area contributed by atoms with Gasteiger partial charge in [0.2, 0.25) is 0 Å². The maximum atomic E-state index is 12.6. The second kappa shape index (κ2) is 3.99. The van der Waals surface area contributed by atoms with Gasteiger partial charge in [-0.15, -0.1) is 0 Å². The molecule has 1 spiro atoms. The van der Waals surface area contributed by atoms with Crippen molar-refractivity contribution in [1.29, 1.82) is 0 Å².